The van der Waals surface area contributed by atoms with Crippen molar-refractivity contribution in [1.29, 1.82) is 0 Å². The number of hydrogen-bond acceptors (Lipinski definition) is 5. The van der Waals surface area contributed by atoms with Crippen molar-refractivity contribution in [3.05, 3.63) is 47.0 Å². The van der Waals surface area contributed by atoms with E-state index in [0.717, 1.165) is 5.56 Å². The van der Waals surface area contributed by atoms with Gasteiger partial charge in [-0.25, -0.2) is 9.07 Å². The molecule has 0 radical (unpaired) electrons. The number of aliphatic carboxylic acids is 1. The van der Waals surface area contributed by atoms with E-state index in [0.29, 0.717) is 23.5 Å². The summed E-state index contributed by atoms with van der Waals surface area (Å²) in [7, 11) is 3.27. The first-order chi connectivity index (χ1) is 14.5. The number of carboxylic acid groups (broad SMARTS) is 1. The third kappa shape index (κ3) is 6.35. The SMILES string of the molecule is CC(C)c1c(C(=O)N(C)C)nn(-c2ccc(F)cc2)c1CC[C@@H](O)C[C@@H](O)CC(=O)O. The van der Waals surface area contributed by atoms with E-state index in [4.69, 9.17) is 5.11 Å². The molecule has 0 fully saturated rings. The number of rotatable bonds is 10. The average Bonchev–Trinajstić information content (AvgIpc) is 3.05. The minimum absolute atomic E-state index is 0.0437. The highest BCUT2D eigenvalue weighted by molar-refractivity contribution is 5.94. The number of carboxylic acids is 1. The van der Waals surface area contributed by atoms with Crippen LogP contribution in [0.1, 0.15) is 60.8 Å². The monoisotopic (exact) mass is 435 g/mol. The Labute approximate surface area is 180 Å². The lowest BCUT2D eigenvalue weighted by Gasteiger charge is -2.17. The Bertz CT molecular complexity index is 909. The van der Waals surface area contributed by atoms with Crippen LogP contribution in [0.3, 0.4) is 0 Å². The van der Waals surface area contributed by atoms with Gasteiger partial charge in [0.1, 0.15) is 5.82 Å². The number of amides is 1. The van der Waals surface area contributed by atoms with Crippen LogP contribution in [0.4, 0.5) is 4.39 Å². The molecule has 1 aromatic carbocycles. The number of halogens is 1. The molecular formula is C22H30FN3O5. The topological polar surface area (TPSA) is 116 Å². The second-order valence-electron chi connectivity index (χ2n) is 8.13. The highest BCUT2D eigenvalue weighted by atomic mass is 19.1. The first-order valence-electron chi connectivity index (χ1n) is 10.2. The van der Waals surface area contributed by atoms with Crippen molar-refractivity contribution < 1.29 is 29.3 Å². The van der Waals surface area contributed by atoms with Crippen LogP contribution in [0.2, 0.25) is 0 Å². The predicted octanol–water partition coefficient (Wildman–Crippen LogP) is 2.36. The molecule has 170 valence electrons. The summed E-state index contributed by atoms with van der Waals surface area (Å²) in [5, 5.41) is 33.4. The fourth-order valence-corrected chi connectivity index (χ4v) is 3.50. The molecule has 1 amide bonds. The van der Waals surface area contributed by atoms with Gasteiger partial charge in [0.25, 0.3) is 5.91 Å². The van der Waals surface area contributed by atoms with E-state index in [9.17, 15) is 24.2 Å². The Morgan fingerprint density at radius 3 is 2.26 bits per heavy atom. The van der Waals surface area contributed by atoms with Crippen molar-refractivity contribution in [3.8, 4) is 5.69 Å². The number of aromatic nitrogens is 2. The standard InChI is InChI=1S/C22H30FN3O5/c1-13(2)20-18(10-9-16(27)11-17(28)12-19(29)30)26(15-7-5-14(23)6-8-15)24-21(20)22(31)25(3)4/h5-8,13,16-17,27-28H,9-12H2,1-4H3,(H,29,30)/t16-,17-/m1/s1. The van der Waals surface area contributed by atoms with Crippen LogP contribution in [-0.4, -0.2) is 68.2 Å². The molecule has 0 spiro atoms. The lowest BCUT2D eigenvalue weighted by molar-refractivity contribution is -0.139. The number of aliphatic hydroxyl groups excluding tert-OH is 2. The minimum Gasteiger partial charge on any atom is -0.481 e. The zero-order chi connectivity index (χ0) is 23.3. The van der Waals surface area contributed by atoms with Crippen LogP contribution < -0.4 is 0 Å². The molecule has 2 rings (SSSR count). The second kappa shape index (κ2) is 10.5. The summed E-state index contributed by atoms with van der Waals surface area (Å²) < 4.78 is 15.0. The van der Waals surface area contributed by atoms with Crippen LogP contribution in [-0.2, 0) is 11.2 Å². The molecule has 0 saturated heterocycles. The molecule has 1 heterocycles. The zero-order valence-electron chi connectivity index (χ0n) is 18.2. The molecule has 8 nitrogen and oxygen atoms in total. The zero-order valence-corrected chi connectivity index (χ0v) is 18.2. The van der Waals surface area contributed by atoms with E-state index in [1.54, 1.807) is 30.9 Å². The number of hydrogen-bond donors (Lipinski definition) is 3. The predicted molar refractivity (Wildman–Crippen MR) is 113 cm³/mol. The summed E-state index contributed by atoms with van der Waals surface area (Å²) in [6.45, 7) is 3.88. The van der Waals surface area contributed by atoms with Crippen molar-refractivity contribution in [2.45, 2.75) is 57.7 Å². The van der Waals surface area contributed by atoms with Gasteiger partial charge in [0.2, 0.25) is 0 Å². The van der Waals surface area contributed by atoms with Gasteiger partial charge in [-0.15, -0.1) is 0 Å². The molecule has 2 aromatic rings. The highest BCUT2D eigenvalue weighted by Gasteiger charge is 2.27. The fraction of sp³-hybridized carbons (Fsp3) is 0.500. The van der Waals surface area contributed by atoms with Crippen LogP contribution in [0, 0.1) is 5.82 Å². The molecular weight excluding hydrogens is 405 g/mol. The van der Waals surface area contributed by atoms with E-state index in [1.807, 2.05) is 13.8 Å². The van der Waals surface area contributed by atoms with Crippen molar-refractivity contribution in [2.75, 3.05) is 14.1 Å². The van der Waals surface area contributed by atoms with E-state index in [-0.39, 0.29) is 24.7 Å². The quantitative estimate of drug-likeness (QED) is 0.528. The van der Waals surface area contributed by atoms with Gasteiger partial charge in [-0.1, -0.05) is 13.8 Å². The lowest BCUT2D eigenvalue weighted by Crippen LogP contribution is -2.23. The average molecular weight is 435 g/mol. The summed E-state index contributed by atoms with van der Waals surface area (Å²) in [4.78, 5) is 24.9. The molecule has 0 bridgehead atoms. The Balaban J connectivity index is 2.41. The number of benzene rings is 1. The van der Waals surface area contributed by atoms with Crippen molar-refractivity contribution in [2.24, 2.45) is 0 Å². The molecule has 0 aliphatic rings. The molecule has 9 heteroatoms. The first kappa shape index (κ1) is 24.5. The van der Waals surface area contributed by atoms with Crippen molar-refractivity contribution >= 4 is 11.9 Å². The lowest BCUT2D eigenvalue weighted by atomic mass is 9.95. The Morgan fingerprint density at radius 1 is 1.13 bits per heavy atom. The van der Waals surface area contributed by atoms with Crippen LogP contribution in [0.5, 0.6) is 0 Å². The maximum absolute atomic E-state index is 13.4. The summed E-state index contributed by atoms with van der Waals surface area (Å²) >= 11 is 0. The minimum atomic E-state index is -1.15. The summed E-state index contributed by atoms with van der Waals surface area (Å²) in [6, 6.07) is 5.74. The molecule has 0 unspecified atom stereocenters. The molecule has 31 heavy (non-hydrogen) atoms. The number of carbonyl (C=O) groups is 2. The van der Waals surface area contributed by atoms with Crippen molar-refractivity contribution in [1.82, 2.24) is 14.7 Å². The van der Waals surface area contributed by atoms with Gasteiger partial charge < -0.3 is 20.2 Å². The van der Waals surface area contributed by atoms with Gasteiger partial charge in [0, 0.05) is 25.4 Å². The van der Waals surface area contributed by atoms with E-state index >= 15 is 0 Å². The van der Waals surface area contributed by atoms with E-state index in [1.165, 1.54) is 17.0 Å². The third-order valence-electron chi connectivity index (χ3n) is 4.95. The van der Waals surface area contributed by atoms with E-state index < -0.39 is 30.4 Å². The fourth-order valence-electron chi connectivity index (χ4n) is 3.50. The van der Waals surface area contributed by atoms with Gasteiger partial charge in [0.15, 0.2) is 5.69 Å². The Morgan fingerprint density at radius 2 is 1.74 bits per heavy atom. The number of carbonyl (C=O) groups excluding carboxylic acids is 1. The smallest absolute Gasteiger partial charge is 0.305 e. The van der Waals surface area contributed by atoms with E-state index in [2.05, 4.69) is 5.10 Å². The normalized spacial score (nSPS) is 13.3. The van der Waals surface area contributed by atoms with Gasteiger partial charge in [-0.05, 0) is 49.4 Å². The van der Waals surface area contributed by atoms with Gasteiger partial charge in [-0.2, -0.15) is 5.10 Å². The summed E-state index contributed by atoms with van der Waals surface area (Å²) in [5.74, 6) is -1.84. The largest absolute Gasteiger partial charge is 0.481 e. The maximum Gasteiger partial charge on any atom is 0.305 e. The summed E-state index contributed by atoms with van der Waals surface area (Å²) in [6.07, 6.45) is -2.02. The summed E-state index contributed by atoms with van der Waals surface area (Å²) in [5.41, 5.74) is 2.32. The molecule has 2 atom stereocenters. The number of aliphatic hydroxyl groups is 2. The highest BCUT2D eigenvalue weighted by Crippen LogP contribution is 2.29. The molecule has 0 aliphatic carbocycles. The van der Waals surface area contributed by atoms with Crippen LogP contribution in [0.25, 0.3) is 5.69 Å². The third-order valence-corrected chi connectivity index (χ3v) is 4.95. The van der Waals surface area contributed by atoms with Crippen molar-refractivity contribution in [3.63, 3.8) is 0 Å². The molecule has 3 N–H and O–H groups in total. The maximum atomic E-state index is 13.4. The van der Waals surface area contributed by atoms with Gasteiger partial charge >= 0.3 is 5.97 Å². The number of nitrogens with zero attached hydrogens (tertiary/aromatic N) is 3. The van der Waals surface area contributed by atoms with Crippen LogP contribution >= 0.6 is 0 Å². The van der Waals surface area contributed by atoms with Crippen LogP contribution in [0.15, 0.2) is 24.3 Å². The Hall–Kier alpha value is -2.78. The second-order valence-corrected chi connectivity index (χ2v) is 8.13. The van der Waals surface area contributed by atoms with Gasteiger partial charge in [0.05, 0.1) is 24.3 Å². The first-order valence-corrected chi connectivity index (χ1v) is 10.2. The van der Waals surface area contributed by atoms with Gasteiger partial charge in [-0.3, -0.25) is 9.59 Å². The Kier molecular flexibility index (Phi) is 8.29. The molecule has 0 aliphatic heterocycles. The molecule has 1 aromatic heterocycles. The molecule has 0 saturated carbocycles.